The van der Waals surface area contributed by atoms with Crippen LogP contribution in [0.1, 0.15) is 39.0 Å². The van der Waals surface area contributed by atoms with Gasteiger partial charge in [-0.05, 0) is 12.8 Å². The minimum absolute atomic E-state index is 0.212. The first-order valence-electron chi connectivity index (χ1n) is 4.31. The summed E-state index contributed by atoms with van der Waals surface area (Å²) in [6.45, 7) is 2.35. The first kappa shape index (κ1) is 13.7. The number of terminal acetylenes is 2. The van der Waals surface area contributed by atoms with Crippen molar-refractivity contribution in [3.63, 3.8) is 0 Å². The van der Waals surface area contributed by atoms with E-state index in [0.717, 1.165) is 12.8 Å². The SMILES string of the molecule is C#CCCCC.C#CCCCO. The molecule has 0 radical (unpaired) electrons. The van der Waals surface area contributed by atoms with E-state index in [-0.39, 0.29) is 6.61 Å². The highest BCUT2D eigenvalue weighted by Crippen LogP contribution is 1.88. The Balaban J connectivity index is 0. The summed E-state index contributed by atoms with van der Waals surface area (Å²) < 4.78 is 0. The molecule has 0 aromatic heterocycles. The summed E-state index contributed by atoms with van der Waals surface area (Å²) in [6, 6.07) is 0. The molecule has 0 amide bonds. The predicted octanol–water partition coefficient (Wildman–Crippen LogP) is 2.20. The summed E-state index contributed by atoms with van der Waals surface area (Å²) in [5.74, 6) is 4.98. The monoisotopic (exact) mass is 166 g/mol. The van der Waals surface area contributed by atoms with Gasteiger partial charge in [0.15, 0.2) is 0 Å². The Labute approximate surface area is 76.2 Å². The van der Waals surface area contributed by atoms with Crippen LogP contribution in [0.2, 0.25) is 0 Å². The van der Waals surface area contributed by atoms with Gasteiger partial charge in [-0.1, -0.05) is 13.3 Å². The molecule has 0 saturated carbocycles. The number of aliphatic hydroxyl groups is 1. The fourth-order valence-corrected chi connectivity index (χ4v) is 0.460. The zero-order chi connectivity index (χ0) is 9.66. The quantitative estimate of drug-likeness (QED) is 0.501. The Morgan fingerprint density at radius 2 is 1.58 bits per heavy atom. The van der Waals surface area contributed by atoms with Gasteiger partial charge < -0.3 is 5.11 Å². The average molecular weight is 166 g/mol. The lowest BCUT2D eigenvalue weighted by molar-refractivity contribution is 0.290. The summed E-state index contributed by atoms with van der Waals surface area (Å²) in [5.41, 5.74) is 0. The largest absolute Gasteiger partial charge is 0.396 e. The summed E-state index contributed by atoms with van der Waals surface area (Å²) >= 11 is 0. The van der Waals surface area contributed by atoms with E-state index < -0.39 is 0 Å². The van der Waals surface area contributed by atoms with Crippen molar-refractivity contribution < 1.29 is 5.11 Å². The minimum atomic E-state index is 0.212. The lowest BCUT2D eigenvalue weighted by Crippen LogP contribution is -1.77. The molecule has 0 aromatic carbocycles. The molecule has 0 rings (SSSR count). The van der Waals surface area contributed by atoms with Gasteiger partial charge in [-0.3, -0.25) is 0 Å². The fourth-order valence-electron chi connectivity index (χ4n) is 0.460. The van der Waals surface area contributed by atoms with Gasteiger partial charge in [0.1, 0.15) is 0 Å². The van der Waals surface area contributed by atoms with Crippen molar-refractivity contribution in [1.82, 2.24) is 0 Å². The van der Waals surface area contributed by atoms with Crippen LogP contribution in [0.15, 0.2) is 0 Å². The first-order valence-corrected chi connectivity index (χ1v) is 4.31. The molecule has 0 atom stereocenters. The van der Waals surface area contributed by atoms with Gasteiger partial charge in [0.05, 0.1) is 0 Å². The Bertz CT molecular complexity index is 118. The van der Waals surface area contributed by atoms with Crippen molar-refractivity contribution in [3.8, 4) is 24.7 Å². The molecule has 0 saturated heterocycles. The summed E-state index contributed by atoms with van der Waals surface area (Å²) in [4.78, 5) is 0. The van der Waals surface area contributed by atoms with E-state index in [1.165, 1.54) is 12.8 Å². The van der Waals surface area contributed by atoms with E-state index in [9.17, 15) is 0 Å². The Morgan fingerprint density at radius 3 is 1.75 bits per heavy atom. The van der Waals surface area contributed by atoms with Crippen LogP contribution in [-0.4, -0.2) is 11.7 Å². The molecule has 68 valence electrons. The molecule has 0 aliphatic rings. The van der Waals surface area contributed by atoms with Crippen LogP contribution >= 0.6 is 0 Å². The highest BCUT2D eigenvalue weighted by atomic mass is 16.2. The zero-order valence-electron chi connectivity index (χ0n) is 7.84. The Morgan fingerprint density at radius 1 is 1.08 bits per heavy atom. The van der Waals surface area contributed by atoms with Crippen LogP contribution in [-0.2, 0) is 0 Å². The standard InChI is InChI=1S/C6H10.C5H8O/c1-3-5-6-4-2;1-2-3-4-5-6/h1H,4-6H2,2H3;1,6H,3-5H2. The summed E-state index contributed by atoms with van der Waals surface area (Å²) in [6.07, 6.45) is 14.6. The molecule has 0 heterocycles. The number of unbranched alkanes of at least 4 members (excludes halogenated alkanes) is 3. The average Bonchev–Trinajstić information content (AvgIpc) is 2.12. The van der Waals surface area contributed by atoms with Gasteiger partial charge in [0.25, 0.3) is 0 Å². The predicted molar refractivity (Wildman–Crippen MR) is 53.5 cm³/mol. The van der Waals surface area contributed by atoms with E-state index in [0.29, 0.717) is 6.42 Å². The van der Waals surface area contributed by atoms with E-state index in [4.69, 9.17) is 18.0 Å². The lowest BCUT2D eigenvalue weighted by Gasteiger charge is -1.79. The van der Waals surface area contributed by atoms with Crippen molar-refractivity contribution in [2.24, 2.45) is 0 Å². The molecule has 0 aliphatic carbocycles. The maximum atomic E-state index is 8.10. The molecule has 0 aliphatic heterocycles. The number of hydrogen-bond acceptors (Lipinski definition) is 1. The van der Waals surface area contributed by atoms with Gasteiger partial charge in [0.2, 0.25) is 0 Å². The van der Waals surface area contributed by atoms with Gasteiger partial charge in [-0.15, -0.1) is 24.7 Å². The first-order chi connectivity index (χ1) is 5.83. The van der Waals surface area contributed by atoms with Crippen molar-refractivity contribution in [3.05, 3.63) is 0 Å². The van der Waals surface area contributed by atoms with Crippen LogP contribution in [0.3, 0.4) is 0 Å². The van der Waals surface area contributed by atoms with Crippen LogP contribution in [0.4, 0.5) is 0 Å². The number of hydrogen-bond donors (Lipinski definition) is 1. The van der Waals surface area contributed by atoms with Crippen LogP contribution in [0.5, 0.6) is 0 Å². The third-order valence-corrected chi connectivity index (χ3v) is 1.15. The molecule has 0 spiro atoms. The third-order valence-electron chi connectivity index (χ3n) is 1.15. The molecular weight excluding hydrogens is 148 g/mol. The van der Waals surface area contributed by atoms with Gasteiger partial charge in [-0.2, -0.15) is 0 Å². The van der Waals surface area contributed by atoms with E-state index >= 15 is 0 Å². The van der Waals surface area contributed by atoms with E-state index in [1.807, 2.05) is 0 Å². The van der Waals surface area contributed by atoms with Gasteiger partial charge in [0, 0.05) is 19.4 Å². The molecule has 1 nitrogen and oxygen atoms in total. The molecule has 0 bridgehead atoms. The smallest absolute Gasteiger partial charge is 0.0440 e. The second kappa shape index (κ2) is 16.6. The van der Waals surface area contributed by atoms with Crippen molar-refractivity contribution in [2.45, 2.75) is 39.0 Å². The van der Waals surface area contributed by atoms with Crippen LogP contribution in [0, 0.1) is 24.7 Å². The van der Waals surface area contributed by atoms with E-state index in [1.54, 1.807) is 0 Å². The molecule has 0 unspecified atom stereocenters. The normalized spacial score (nSPS) is 7.33. The second-order valence-electron chi connectivity index (χ2n) is 2.34. The summed E-state index contributed by atoms with van der Waals surface area (Å²) in [7, 11) is 0. The number of rotatable bonds is 4. The fraction of sp³-hybridized carbons (Fsp3) is 0.636. The van der Waals surface area contributed by atoms with Crippen molar-refractivity contribution in [2.75, 3.05) is 6.61 Å². The van der Waals surface area contributed by atoms with Crippen LogP contribution < -0.4 is 0 Å². The Kier molecular flexibility index (Phi) is 18.9. The maximum Gasteiger partial charge on any atom is 0.0440 e. The molecule has 0 fully saturated rings. The molecule has 12 heavy (non-hydrogen) atoms. The molecule has 0 aromatic rings. The Hall–Kier alpha value is -0.920. The van der Waals surface area contributed by atoms with Crippen molar-refractivity contribution in [1.29, 1.82) is 0 Å². The third kappa shape index (κ3) is 23.0. The molecule has 1 N–H and O–H groups in total. The highest BCUT2D eigenvalue weighted by molar-refractivity contribution is 4.82. The topological polar surface area (TPSA) is 20.2 Å². The zero-order valence-corrected chi connectivity index (χ0v) is 7.84. The van der Waals surface area contributed by atoms with Gasteiger partial charge >= 0.3 is 0 Å². The maximum absolute atomic E-state index is 8.10. The van der Waals surface area contributed by atoms with E-state index in [2.05, 4.69) is 18.8 Å². The number of aliphatic hydroxyl groups excluding tert-OH is 1. The van der Waals surface area contributed by atoms with Crippen molar-refractivity contribution >= 4 is 0 Å². The highest BCUT2D eigenvalue weighted by Gasteiger charge is 1.72. The summed E-state index contributed by atoms with van der Waals surface area (Å²) in [5, 5.41) is 8.10. The molecule has 1 heteroatoms. The van der Waals surface area contributed by atoms with Gasteiger partial charge in [-0.25, -0.2) is 0 Å². The second-order valence-corrected chi connectivity index (χ2v) is 2.34. The lowest BCUT2D eigenvalue weighted by atomic mass is 10.3. The minimum Gasteiger partial charge on any atom is -0.396 e. The van der Waals surface area contributed by atoms with Crippen LogP contribution in [0.25, 0.3) is 0 Å². The molecular formula is C11H18O.